The average Bonchev–Trinajstić information content (AvgIpc) is 2.70. The van der Waals surface area contributed by atoms with Gasteiger partial charge in [0, 0.05) is 6.42 Å². The van der Waals surface area contributed by atoms with Crippen LogP contribution in [0.4, 0.5) is 13.2 Å². The van der Waals surface area contributed by atoms with Gasteiger partial charge in [-0.1, -0.05) is 18.2 Å². The molecule has 0 bridgehead atoms. The van der Waals surface area contributed by atoms with E-state index in [4.69, 9.17) is 4.42 Å². The van der Waals surface area contributed by atoms with Gasteiger partial charge < -0.3 is 4.42 Å². The minimum absolute atomic E-state index is 0.0329. The van der Waals surface area contributed by atoms with Crippen molar-refractivity contribution in [1.82, 2.24) is 0 Å². The number of alkyl halides is 3. The van der Waals surface area contributed by atoms with Crippen LogP contribution >= 0.6 is 0 Å². The van der Waals surface area contributed by atoms with Gasteiger partial charge in [-0.2, -0.15) is 13.2 Å². The van der Waals surface area contributed by atoms with Crippen LogP contribution in [0.3, 0.4) is 0 Å². The van der Waals surface area contributed by atoms with Crippen LogP contribution in [0.25, 0.3) is 0 Å². The highest BCUT2D eigenvalue weighted by Crippen LogP contribution is 2.34. The Hall–Kier alpha value is -1.45. The van der Waals surface area contributed by atoms with Crippen LogP contribution in [0.15, 0.2) is 46.6 Å². The van der Waals surface area contributed by atoms with Gasteiger partial charge in [0.1, 0.15) is 5.76 Å². The summed E-state index contributed by atoms with van der Waals surface area (Å²) in [4.78, 5) is 0. The molecular weight excluding hydrogens is 217 g/mol. The summed E-state index contributed by atoms with van der Waals surface area (Å²) in [6.45, 7) is 0. The SMILES string of the molecule is FC(F)(F)C1C=C(Cc2ccco2)C=CC1. The molecule has 0 radical (unpaired) electrons. The van der Waals surface area contributed by atoms with Crippen LogP contribution in [0.1, 0.15) is 12.2 Å². The minimum atomic E-state index is -4.15. The fourth-order valence-electron chi connectivity index (χ4n) is 1.71. The summed E-state index contributed by atoms with van der Waals surface area (Å²) in [5.74, 6) is -0.679. The molecule has 2 rings (SSSR count). The molecule has 0 saturated carbocycles. The Balaban J connectivity index is 2.10. The highest BCUT2D eigenvalue weighted by molar-refractivity contribution is 5.28. The Labute approximate surface area is 91.3 Å². The van der Waals surface area contributed by atoms with Crippen molar-refractivity contribution in [3.63, 3.8) is 0 Å². The van der Waals surface area contributed by atoms with Crippen LogP contribution in [0.2, 0.25) is 0 Å². The quantitative estimate of drug-likeness (QED) is 0.748. The van der Waals surface area contributed by atoms with Gasteiger partial charge in [0.05, 0.1) is 12.2 Å². The summed E-state index contributed by atoms with van der Waals surface area (Å²) in [5.41, 5.74) is 0.656. The molecule has 1 nitrogen and oxygen atoms in total. The molecule has 1 aromatic heterocycles. The van der Waals surface area contributed by atoms with Gasteiger partial charge in [-0.05, 0) is 24.1 Å². The Morgan fingerprint density at radius 3 is 2.81 bits per heavy atom. The van der Waals surface area contributed by atoms with E-state index in [-0.39, 0.29) is 6.42 Å². The van der Waals surface area contributed by atoms with E-state index in [2.05, 4.69) is 0 Å². The number of allylic oxidation sites excluding steroid dienone is 4. The van der Waals surface area contributed by atoms with Gasteiger partial charge in [0.2, 0.25) is 0 Å². The molecule has 0 spiro atoms. The highest BCUT2D eigenvalue weighted by atomic mass is 19.4. The van der Waals surface area contributed by atoms with E-state index in [0.29, 0.717) is 17.8 Å². The first-order valence-corrected chi connectivity index (χ1v) is 5.02. The molecule has 1 aliphatic rings. The largest absolute Gasteiger partial charge is 0.469 e. The van der Waals surface area contributed by atoms with E-state index in [1.165, 1.54) is 12.3 Å². The molecule has 0 aliphatic heterocycles. The number of furan rings is 1. The number of hydrogen-bond acceptors (Lipinski definition) is 1. The van der Waals surface area contributed by atoms with E-state index < -0.39 is 12.1 Å². The fourth-order valence-corrected chi connectivity index (χ4v) is 1.71. The van der Waals surface area contributed by atoms with E-state index in [1.54, 1.807) is 24.3 Å². The standard InChI is InChI=1S/C12H11F3O/c13-12(14,15)10-4-1-3-9(7-10)8-11-5-2-6-16-11/h1-3,5-7,10H,4,8H2. The maximum Gasteiger partial charge on any atom is 0.395 e. The maximum absolute atomic E-state index is 12.5. The zero-order valence-electron chi connectivity index (χ0n) is 8.50. The molecule has 0 N–H and O–H groups in total. The van der Waals surface area contributed by atoms with Crippen molar-refractivity contribution in [1.29, 1.82) is 0 Å². The summed E-state index contributed by atoms with van der Waals surface area (Å²) in [6, 6.07) is 3.48. The van der Waals surface area contributed by atoms with Crippen molar-refractivity contribution in [2.45, 2.75) is 19.0 Å². The lowest BCUT2D eigenvalue weighted by atomic mass is 9.94. The Kier molecular flexibility index (Phi) is 2.90. The summed E-state index contributed by atoms with van der Waals surface area (Å²) >= 11 is 0. The Morgan fingerprint density at radius 2 is 2.19 bits per heavy atom. The van der Waals surface area contributed by atoms with E-state index in [9.17, 15) is 13.2 Å². The van der Waals surface area contributed by atoms with E-state index in [1.807, 2.05) is 0 Å². The highest BCUT2D eigenvalue weighted by Gasteiger charge is 2.38. The first-order chi connectivity index (χ1) is 7.55. The van der Waals surface area contributed by atoms with Crippen LogP contribution in [0.5, 0.6) is 0 Å². The second kappa shape index (κ2) is 4.20. The number of rotatable bonds is 2. The van der Waals surface area contributed by atoms with Crippen molar-refractivity contribution in [2.75, 3.05) is 0 Å². The molecule has 1 aliphatic carbocycles. The van der Waals surface area contributed by atoms with E-state index >= 15 is 0 Å². The molecule has 0 aromatic carbocycles. The van der Waals surface area contributed by atoms with Crippen molar-refractivity contribution < 1.29 is 17.6 Å². The lowest BCUT2D eigenvalue weighted by Crippen LogP contribution is -2.22. The van der Waals surface area contributed by atoms with Gasteiger partial charge in [0.15, 0.2) is 0 Å². The van der Waals surface area contributed by atoms with Crippen LogP contribution in [-0.4, -0.2) is 6.18 Å². The molecule has 86 valence electrons. The molecule has 4 heteroatoms. The molecule has 16 heavy (non-hydrogen) atoms. The molecule has 1 atom stereocenters. The maximum atomic E-state index is 12.5. The zero-order chi connectivity index (χ0) is 11.6. The second-order valence-electron chi connectivity index (χ2n) is 3.78. The van der Waals surface area contributed by atoms with Crippen molar-refractivity contribution in [2.24, 2.45) is 5.92 Å². The first kappa shape index (κ1) is 11.0. The number of halogens is 3. The molecular formula is C12H11F3O. The monoisotopic (exact) mass is 228 g/mol. The Bertz CT molecular complexity index is 398. The molecule has 1 unspecified atom stereocenters. The molecule has 0 fully saturated rings. The zero-order valence-corrected chi connectivity index (χ0v) is 8.50. The third kappa shape index (κ3) is 2.56. The topological polar surface area (TPSA) is 13.1 Å². The van der Waals surface area contributed by atoms with Gasteiger partial charge in [-0.15, -0.1) is 0 Å². The normalized spacial score (nSPS) is 20.9. The van der Waals surface area contributed by atoms with Crippen LogP contribution in [-0.2, 0) is 6.42 Å². The molecule has 0 amide bonds. The Morgan fingerprint density at radius 1 is 1.38 bits per heavy atom. The van der Waals surface area contributed by atoms with E-state index in [0.717, 1.165) is 0 Å². The number of hydrogen-bond donors (Lipinski definition) is 0. The van der Waals surface area contributed by atoms with Crippen LogP contribution < -0.4 is 0 Å². The lowest BCUT2D eigenvalue weighted by molar-refractivity contribution is -0.160. The minimum Gasteiger partial charge on any atom is -0.469 e. The van der Waals surface area contributed by atoms with Crippen LogP contribution in [0, 0.1) is 5.92 Å². The summed E-state index contributed by atoms with van der Waals surface area (Å²) < 4.78 is 42.6. The third-order valence-corrected chi connectivity index (χ3v) is 2.52. The molecule has 0 saturated heterocycles. The summed E-state index contributed by atoms with van der Waals surface area (Å²) in [6.07, 6.45) is 2.38. The first-order valence-electron chi connectivity index (χ1n) is 5.02. The lowest BCUT2D eigenvalue weighted by Gasteiger charge is -2.19. The van der Waals surface area contributed by atoms with Gasteiger partial charge in [0.25, 0.3) is 0 Å². The molecule has 1 aromatic rings. The fraction of sp³-hybridized carbons (Fsp3) is 0.333. The summed E-state index contributed by atoms with van der Waals surface area (Å²) in [7, 11) is 0. The smallest absolute Gasteiger partial charge is 0.395 e. The second-order valence-corrected chi connectivity index (χ2v) is 3.78. The average molecular weight is 228 g/mol. The third-order valence-electron chi connectivity index (χ3n) is 2.52. The van der Waals surface area contributed by atoms with Gasteiger partial charge in [-0.25, -0.2) is 0 Å². The van der Waals surface area contributed by atoms with Gasteiger partial charge in [-0.3, -0.25) is 0 Å². The summed E-state index contributed by atoms with van der Waals surface area (Å²) in [5, 5.41) is 0. The molecule has 1 heterocycles. The van der Waals surface area contributed by atoms with Gasteiger partial charge >= 0.3 is 6.18 Å². The van der Waals surface area contributed by atoms with Crippen molar-refractivity contribution in [3.05, 3.63) is 48.0 Å². The van der Waals surface area contributed by atoms with Crippen molar-refractivity contribution in [3.8, 4) is 0 Å². The van der Waals surface area contributed by atoms with Crippen molar-refractivity contribution >= 4 is 0 Å². The predicted octanol–water partition coefficient (Wildman–Crippen LogP) is 3.89. The predicted molar refractivity (Wildman–Crippen MR) is 53.8 cm³/mol.